The number of ether oxygens (including phenoxy) is 1. The lowest BCUT2D eigenvalue weighted by Crippen LogP contribution is -2.10. The Bertz CT molecular complexity index is 1030. The van der Waals surface area contributed by atoms with Crippen LogP contribution in [-0.4, -0.2) is 27.9 Å². The van der Waals surface area contributed by atoms with Crippen molar-refractivity contribution in [1.82, 2.24) is 4.98 Å². The van der Waals surface area contributed by atoms with E-state index in [0.29, 0.717) is 18.3 Å². The summed E-state index contributed by atoms with van der Waals surface area (Å²) in [6.45, 7) is 0. The van der Waals surface area contributed by atoms with Crippen LogP contribution in [0, 0.1) is 20.2 Å². The van der Waals surface area contributed by atoms with Crippen molar-refractivity contribution in [2.24, 2.45) is 0 Å². The summed E-state index contributed by atoms with van der Waals surface area (Å²) < 4.78 is 42.5. The number of aromatic nitrogens is 1. The van der Waals surface area contributed by atoms with Crippen LogP contribution >= 0.6 is 23.2 Å². The Balaban J connectivity index is 2.72. The first-order valence-electron chi connectivity index (χ1n) is 7.11. The largest absolute Gasteiger partial charge is 0.465 e. The minimum absolute atomic E-state index is 0.371. The zero-order valence-electron chi connectivity index (χ0n) is 13.9. The van der Waals surface area contributed by atoms with E-state index in [4.69, 9.17) is 23.2 Å². The highest BCUT2D eigenvalue weighted by Gasteiger charge is 2.35. The standard InChI is InChI=1S/C14H7Cl2F3N4O6/c1-29-13(24)6-3-8(22(25)26)10(11(9(6)16)23(27)28)21-12-7(15)2-5(4-20-12)14(17,18)19/h2-4H,1H3,(H,20,21). The first kappa shape index (κ1) is 22.1. The molecule has 29 heavy (non-hydrogen) atoms. The second-order valence-electron chi connectivity index (χ2n) is 5.16. The molecule has 0 fully saturated rings. The molecule has 0 spiro atoms. The second kappa shape index (κ2) is 8.05. The molecule has 0 aliphatic heterocycles. The van der Waals surface area contributed by atoms with E-state index in [1.165, 1.54) is 0 Å². The molecule has 0 saturated carbocycles. The van der Waals surface area contributed by atoms with Crippen molar-refractivity contribution in [3.05, 3.63) is 59.7 Å². The minimum Gasteiger partial charge on any atom is -0.465 e. The van der Waals surface area contributed by atoms with Gasteiger partial charge in [0, 0.05) is 12.3 Å². The molecule has 0 bridgehead atoms. The minimum atomic E-state index is -4.77. The van der Waals surface area contributed by atoms with E-state index in [1.54, 1.807) is 0 Å². The average Bonchev–Trinajstić information content (AvgIpc) is 2.61. The van der Waals surface area contributed by atoms with Crippen LogP contribution < -0.4 is 5.32 Å². The van der Waals surface area contributed by atoms with Gasteiger partial charge in [-0.05, 0) is 6.07 Å². The van der Waals surface area contributed by atoms with Crippen molar-refractivity contribution in [3.8, 4) is 0 Å². The molecular weight excluding hydrogens is 448 g/mol. The molecule has 0 unspecified atom stereocenters. The van der Waals surface area contributed by atoms with Crippen molar-refractivity contribution >= 4 is 52.1 Å². The van der Waals surface area contributed by atoms with E-state index >= 15 is 0 Å². The van der Waals surface area contributed by atoms with Gasteiger partial charge in [-0.15, -0.1) is 0 Å². The van der Waals surface area contributed by atoms with Gasteiger partial charge in [0.05, 0.1) is 33.1 Å². The number of carbonyl (C=O) groups is 1. The number of hydrogen-bond acceptors (Lipinski definition) is 8. The number of rotatable bonds is 5. The van der Waals surface area contributed by atoms with Gasteiger partial charge in [0.1, 0.15) is 10.8 Å². The highest BCUT2D eigenvalue weighted by Crippen LogP contribution is 2.44. The van der Waals surface area contributed by atoms with Crippen molar-refractivity contribution in [1.29, 1.82) is 0 Å². The van der Waals surface area contributed by atoms with Gasteiger partial charge in [0.25, 0.3) is 0 Å². The number of nitrogens with one attached hydrogen (secondary N) is 1. The Morgan fingerprint density at radius 3 is 2.28 bits per heavy atom. The zero-order chi connectivity index (χ0) is 22.1. The first-order chi connectivity index (χ1) is 13.4. The van der Waals surface area contributed by atoms with Crippen LogP contribution in [0.2, 0.25) is 10.0 Å². The smallest absolute Gasteiger partial charge is 0.417 e. The Labute approximate surface area is 168 Å². The van der Waals surface area contributed by atoms with Crippen LogP contribution in [0.3, 0.4) is 0 Å². The molecule has 2 aromatic rings. The normalized spacial score (nSPS) is 11.1. The van der Waals surface area contributed by atoms with Crippen LogP contribution in [0.15, 0.2) is 18.3 Å². The SMILES string of the molecule is COC(=O)c1cc([N+](=O)[O-])c(Nc2ncc(C(F)(F)F)cc2Cl)c([N+](=O)[O-])c1Cl. The second-order valence-corrected chi connectivity index (χ2v) is 5.95. The van der Waals surface area contributed by atoms with E-state index in [-0.39, 0.29) is 0 Å². The van der Waals surface area contributed by atoms with E-state index in [2.05, 4.69) is 15.0 Å². The molecule has 10 nitrogen and oxygen atoms in total. The zero-order valence-corrected chi connectivity index (χ0v) is 15.4. The van der Waals surface area contributed by atoms with Crippen molar-refractivity contribution in [2.45, 2.75) is 6.18 Å². The summed E-state index contributed by atoms with van der Waals surface area (Å²) in [5.74, 6) is -1.73. The number of nitro groups is 2. The number of halogens is 5. The molecule has 1 heterocycles. The Morgan fingerprint density at radius 2 is 1.83 bits per heavy atom. The summed E-state index contributed by atoms with van der Waals surface area (Å²) in [5.41, 5.74) is -4.80. The van der Waals surface area contributed by atoms with Gasteiger partial charge >= 0.3 is 23.5 Å². The van der Waals surface area contributed by atoms with Gasteiger partial charge in [0.2, 0.25) is 0 Å². The van der Waals surface area contributed by atoms with Gasteiger partial charge in [0.15, 0.2) is 5.69 Å². The maximum absolute atomic E-state index is 12.7. The van der Waals surface area contributed by atoms with Crippen LogP contribution in [-0.2, 0) is 10.9 Å². The summed E-state index contributed by atoms with van der Waals surface area (Å²) >= 11 is 11.6. The fraction of sp³-hybridized carbons (Fsp3) is 0.143. The number of anilines is 2. The van der Waals surface area contributed by atoms with Crippen LogP contribution in [0.25, 0.3) is 0 Å². The third-order valence-electron chi connectivity index (χ3n) is 3.41. The molecule has 0 saturated heterocycles. The fourth-order valence-corrected chi connectivity index (χ4v) is 2.64. The molecule has 0 radical (unpaired) electrons. The molecular formula is C14H7Cl2F3N4O6. The number of hydrogen-bond donors (Lipinski definition) is 1. The van der Waals surface area contributed by atoms with E-state index in [9.17, 15) is 38.2 Å². The quantitative estimate of drug-likeness (QED) is 0.387. The Kier molecular flexibility index (Phi) is 6.13. The number of benzene rings is 1. The molecule has 1 aromatic carbocycles. The third-order valence-corrected chi connectivity index (χ3v) is 4.09. The van der Waals surface area contributed by atoms with E-state index in [0.717, 1.165) is 7.11 Å². The topological polar surface area (TPSA) is 138 Å². The summed E-state index contributed by atoms with van der Waals surface area (Å²) in [5, 5.41) is 23.5. The third kappa shape index (κ3) is 4.46. The van der Waals surface area contributed by atoms with Crippen molar-refractivity contribution in [3.63, 3.8) is 0 Å². The van der Waals surface area contributed by atoms with Crippen LogP contribution in [0.1, 0.15) is 15.9 Å². The lowest BCUT2D eigenvalue weighted by Gasteiger charge is -2.13. The molecule has 1 N–H and O–H groups in total. The monoisotopic (exact) mass is 454 g/mol. The summed E-state index contributed by atoms with van der Waals surface area (Å²) in [7, 11) is 0.925. The number of carbonyl (C=O) groups excluding carboxylic acids is 1. The number of nitro benzene ring substituents is 2. The molecule has 15 heteroatoms. The maximum Gasteiger partial charge on any atom is 0.417 e. The summed E-state index contributed by atoms with van der Waals surface area (Å²) in [6.07, 6.45) is -4.39. The van der Waals surface area contributed by atoms with Gasteiger partial charge < -0.3 is 10.1 Å². The lowest BCUT2D eigenvalue weighted by molar-refractivity contribution is -0.392. The molecule has 0 aliphatic rings. The summed E-state index contributed by atoms with van der Waals surface area (Å²) in [4.78, 5) is 35.8. The average molecular weight is 455 g/mol. The number of nitrogens with zero attached hydrogens (tertiary/aromatic N) is 3. The van der Waals surface area contributed by atoms with Crippen LogP contribution in [0.5, 0.6) is 0 Å². The van der Waals surface area contributed by atoms with Gasteiger partial charge in [-0.25, -0.2) is 9.78 Å². The van der Waals surface area contributed by atoms with Crippen molar-refractivity contribution in [2.75, 3.05) is 12.4 Å². The van der Waals surface area contributed by atoms with Gasteiger partial charge in [-0.1, -0.05) is 23.2 Å². The Morgan fingerprint density at radius 1 is 1.21 bits per heavy atom. The van der Waals surface area contributed by atoms with Crippen molar-refractivity contribution < 1.29 is 32.5 Å². The predicted molar refractivity (Wildman–Crippen MR) is 93.6 cm³/mol. The molecule has 2 rings (SSSR count). The first-order valence-corrected chi connectivity index (χ1v) is 7.87. The highest BCUT2D eigenvalue weighted by molar-refractivity contribution is 6.37. The Hall–Kier alpha value is -3.19. The van der Waals surface area contributed by atoms with E-state index in [1.807, 2.05) is 0 Å². The molecule has 0 aliphatic carbocycles. The van der Waals surface area contributed by atoms with Gasteiger partial charge in [-0.2, -0.15) is 13.2 Å². The summed E-state index contributed by atoms with van der Waals surface area (Å²) in [6, 6.07) is 1.08. The number of esters is 1. The maximum atomic E-state index is 12.7. The number of methoxy groups -OCH3 is 1. The predicted octanol–water partition coefficient (Wildman–Crippen LogP) is 4.75. The molecule has 0 atom stereocenters. The van der Waals surface area contributed by atoms with Crippen LogP contribution in [0.4, 0.5) is 36.1 Å². The lowest BCUT2D eigenvalue weighted by atomic mass is 10.1. The molecule has 1 aromatic heterocycles. The number of alkyl halides is 3. The number of pyridine rings is 1. The molecule has 154 valence electrons. The highest BCUT2D eigenvalue weighted by atomic mass is 35.5. The molecule has 0 amide bonds. The van der Waals surface area contributed by atoms with Gasteiger partial charge in [-0.3, -0.25) is 20.2 Å². The van der Waals surface area contributed by atoms with E-state index < -0.39 is 66.0 Å². The fourth-order valence-electron chi connectivity index (χ4n) is 2.13.